The van der Waals surface area contributed by atoms with Crippen LogP contribution in [0.5, 0.6) is 0 Å². The number of amides is 1. The minimum Gasteiger partial charge on any atom is -0.286 e. The third-order valence-electron chi connectivity index (χ3n) is 2.75. The summed E-state index contributed by atoms with van der Waals surface area (Å²) in [7, 11) is 0. The second kappa shape index (κ2) is 5.84. The van der Waals surface area contributed by atoms with Gasteiger partial charge in [0.15, 0.2) is 0 Å². The maximum atomic E-state index is 12.1. The number of nitrogens with zero attached hydrogens (tertiary/aromatic N) is 2. The number of hydrogen-bond acceptors (Lipinski definition) is 4. The molecule has 1 aromatic heterocycles. The minimum atomic E-state index is -0.174. The van der Waals surface area contributed by atoms with Crippen molar-refractivity contribution in [3.05, 3.63) is 45.9 Å². The molecule has 2 aromatic rings. The highest BCUT2D eigenvalue weighted by atomic mass is 32.1. The molecule has 0 saturated heterocycles. The fraction of sp³-hybridized carbons (Fsp3) is 0.286. The molecule has 4 nitrogen and oxygen atoms in total. The summed E-state index contributed by atoms with van der Waals surface area (Å²) in [5.41, 5.74) is 5.50. The average Bonchev–Trinajstić information content (AvgIpc) is 2.84. The van der Waals surface area contributed by atoms with Gasteiger partial charge in [0.05, 0.1) is 10.7 Å². The van der Waals surface area contributed by atoms with Crippen LogP contribution in [0.2, 0.25) is 0 Å². The normalized spacial score (nSPS) is 10.3. The zero-order chi connectivity index (χ0) is 13.8. The van der Waals surface area contributed by atoms with Gasteiger partial charge < -0.3 is 0 Å². The van der Waals surface area contributed by atoms with E-state index in [2.05, 4.69) is 10.4 Å². The van der Waals surface area contributed by atoms with E-state index in [0.29, 0.717) is 12.2 Å². The van der Waals surface area contributed by atoms with Gasteiger partial charge in [0.2, 0.25) is 0 Å². The van der Waals surface area contributed by atoms with Crippen LogP contribution in [0.4, 0.5) is 5.69 Å². The van der Waals surface area contributed by atoms with E-state index in [0.717, 1.165) is 10.7 Å². The van der Waals surface area contributed by atoms with Gasteiger partial charge >= 0.3 is 0 Å². The summed E-state index contributed by atoms with van der Waals surface area (Å²) < 4.78 is 0. The summed E-state index contributed by atoms with van der Waals surface area (Å²) in [6.07, 6.45) is 0. The Morgan fingerprint density at radius 1 is 1.32 bits per heavy atom. The maximum Gasteiger partial charge on any atom is 0.289 e. The second-order valence-corrected chi connectivity index (χ2v) is 5.33. The molecule has 5 heteroatoms. The molecule has 1 amide bonds. The largest absolute Gasteiger partial charge is 0.289 e. The number of aromatic nitrogens is 1. The Labute approximate surface area is 117 Å². The molecular formula is C14H17N3OS. The highest BCUT2D eigenvalue weighted by Crippen LogP contribution is 2.14. The Bertz CT molecular complexity index is 562. The van der Waals surface area contributed by atoms with Crippen LogP contribution < -0.4 is 10.4 Å². The van der Waals surface area contributed by atoms with E-state index in [-0.39, 0.29) is 5.91 Å². The molecule has 0 radical (unpaired) electrons. The standard InChI is InChI=1S/C14H17N3OS/c1-4-17(12-7-5-10(2)6-8-12)16-14(18)13-9-19-11(3)15-13/h5-9H,4H2,1-3H3,(H,16,18). The second-order valence-electron chi connectivity index (χ2n) is 4.27. The molecular weight excluding hydrogens is 258 g/mol. The van der Waals surface area contributed by atoms with Crippen molar-refractivity contribution in [2.75, 3.05) is 11.6 Å². The molecule has 100 valence electrons. The highest BCUT2D eigenvalue weighted by Gasteiger charge is 2.13. The molecule has 1 heterocycles. The number of rotatable bonds is 4. The Morgan fingerprint density at radius 2 is 2.00 bits per heavy atom. The van der Waals surface area contributed by atoms with Crippen molar-refractivity contribution in [2.45, 2.75) is 20.8 Å². The lowest BCUT2D eigenvalue weighted by Crippen LogP contribution is -2.42. The fourth-order valence-electron chi connectivity index (χ4n) is 1.70. The lowest BCUT2D eigenvalue weighted by molar-refractivity contribution is 0.0945. The van der Waals surface area contributed by atoms with Crippen molar-refractivity contribution in [1.29, 1.82) is 0 Å². The van der Waals surface area contributed by atoms with Crippen LogP contribution in [0.25, 0.3) is 0 Å². The van der Waals surface area contributed by atoms with Gasteiger partial charge in [-0.3, -0.25) is 15.2 Å². The molecule has 0 saturated carbocycles. The smallest absolute Gasteiger partial charge is 0.286 e. The van der Waals surface area contributed by atoms with Crippen molar-refractivity contribution in [3.63, 3.8) is 0 Å². The van der Waals surface area contributed by atoms with Gasteiger partial charge in [-0.1, -0.05) is 17.7 Å². The molecule has 2 rings (SSSR count). The van der Waals surface area contributed by atoms with E-state index in [4.69, 9.17) is 0 Å². The van der Waals surface area contributed by atoms with Gasteiger partial charge in [0, 0.05) is 11.9 Å². The van der Waals surface area contributed by atoms with E-state index in [1.165, 1.54) is 16.9 Å². The van der Waals surface area contributed by atoms with Gasteiger partial charge in [-0.05, 0) is 32.9 Å². The number of carbonyl (C=O) groups excluding carboxylic acids is 1. The van der Waals surface area contributed by atoms with E-state index < -0.39 is 0 Å². The summed E-state index contributed by atoms with van der Waals surface area (Å²) in [4.78, 5) is 16.2. The third-order valence-corrected chi connectivity index (χ3v) is 3.52. The predicted molar refractivity (Wildman–Crippen MR) is 78.5 cm³/mol. The molecule has 0 aliphatic heterocycles. The summed E-state index contributed by atoms with van der Waals surface area (Å²) in [5, 5.41) is 4.48. The fourth-order valence-corrected chi connectivity index (χ4v) is 2.29. The van der Waals surface area contributed by atoms with E-state index in [1.807, 2.05) is 50.0 Å². The Hall–Kier alpha value is -1.88. The zero-order valence-corrected chi connectivity index (χ0v) is 12.1. The summed E-state index contributed by atoms with van der Waals surface area (Å²) in [6, 6.07) is 8.03. The van der Waals surface area contributed by atoms with Crippen LogP contribution >= 0.6 is 11.3 Å². The monoisotopic (exact) mass is 275 g/mol. The van der Waals surface area contributed by atoms with Crippen LogP contribution in [0.3, 0.4) is 0 Å². The molecule has 19 heavy (non-hydrogen) atoms. The first-order chi connectivity index (χ1) is 9.10. The first-order valence-corrected chi connectivity index (χ1v) is 7.05. The Kier molecular flexibility index (Phi) is 4.16. The molecule has 1 N–H and O–H groups in total. The van der Waals surface area contributed by atoms with Crippen LogP contribution in [0.1, 0.15) is 28.0 Å². The summed E-state index contributed by atoms with van der Waals surface area (Å²) in [5.74, 6) is -0.174. The molecule has 0 aliphatic rings. The van der Waals surface area contributed by atoms with Crippen molar-refractivity contribution < 1.29 is 4.79 Å². The van der Waals surface area contributed by atoms with E-state index in [9.17, 15) is 4.79 Å². The number of thiazole rings is 1. The number of hydrazine groups is 1. The maximum absolute atomic E-state index is 12.1. The van der Waals surface area contributed by atoms with Crippen LogP contribution in [0, 0.1) is 13.8 Å². The predicted octanol–water partition coefficient (Wildman–Crippen LogP) is 2.93. The molecule has 0 aliphatic carbocycles. The van der Waals surface area contributed by atoms with Crippen molar-refractivity contribution in [3.8, 4) is 0 Å². The third kappa shape index (κ3) is 3.32. The van der Waals surface area contributed by atoms with Gasteiger partial charge in [0.25, 0.3) is 5.91 Å². The molecule has 0 fully saturated rings. The number of carbonyl (C=O) groups is 1. The lowest BCUT2D eigenvalue weighted by atomic mass is 10.2. The van der Waals surface area contributed by atoms with Crippen LogP contribution in [-0.2, 0) is 0 Å². The Balaban J connectivity index is 2.11. The summed E-state index contributed by atoms with van der Waals surface area (Å²) >= 11 is 1.47. The van der Waals surface area contributed by atoms with Crippen LogP contribution in [0.15, 0.2) is 29.6 Å². The minimum absolute atomic E-state index is 0.174. The van der Waals surface area contributed by atoms with Crippen molar-refractivity contribution in [1.82, 2.24) is 10.4 Å². The van der Waals surface area contributed by atoms with Crippen molar-refractivity contribution >= 4 is 22.9 Å². The molecule has 0 bridgehead atoms. The zero-order valence-electron chi connectivity index (χ0n) is 11.3. The highest BCUT2D eigenvalue weighted by molar-refractivity contribution is 7.09. The van der Waals surface area contributed by atoms with Gasteiger partial charge in [-0.2, -0.15) is 0 Å². The molecule has 0 unspecified atom stereocenters. The van der Waals surface area contributed by atoms with E-state index >= 15 is 0 Å². The molecule has 0 spiro atoms. The average molecular weight is 275 g/mol. The SMILES string of the molecule is CCN(NC(=O)c1csc(C)n1)c1ccc(C)cc1. The van der Waals surface area contributed by atoms with Crippen LogP contribution in [-0.4, -0.2) is 17.4 Å². The molecule has 0 atom stereocenters. The van der Waals surface area contributed by atoms with Gasteiger partial charge in [0.1, 0.15) is 5.69 Å². The number of anilines is 1. The summed E-state index contributed by atoms with van der Waals surface area (Å²) in [6.45, 7) is 6.61. The van der Waals surface area contributed by atoms with E-state index in [1.54, 1.807) is 5.38 Å². The Morgan fingerprint density at radius 3 is 2.53 bits per heavy atom. The number of aryl methyl sites for hydroxylation is 2. The van der Waals surface area contributed by atoms with Gasteiger partial charge in [-0.15, -0.1) is 11.3 Å². The number of hydrogen-bond donors (Lipinski definition) is 1. The number of nitrogens with one attached hydrogen (secondary N) is 1. The topological polar surface area (TPSA) is 45.2 Å². The lowest BCUT2D eigenvalue weighted by Gasteiger charge is -2.23. The first-order valence-electron chi connectivity index (χ1n) is 6.17. The first kappa shape index (κ1) is 13.5. The van der Waals surface area contributed by atoms with Crippen molar-refractivity contribution in [2.24, 2.45) is 0 Å². The van der Waals surface area contributed by atoms with Gasteiger partial charge in [-0.25, -0.2) is 4.98 Å². The number of benzene rings is 1. The quantitative estimate of drug-likeness (QED) is 0.873. The molecule has 1 aromatic carbocycles.